The quantitative estimate of drug-likeness (QED) is 0.0286. The Hall–Kier alpha value is -4.09. The number of hydrogen-bond acceptors (Lipinski definition) is 18. The molecule has 21 nitrogen and oxygen atoms in total. The van der Waals surface area contributed by atoms with Gasteiger partial charge in [-0.05, 0) is 95.4 Å². The van der Waals surface area contributed by atoms with E-state index < -0.39 is 78.6 Å². The molecule has 0 saturated heterocycles. The van der Waals surface area contributed by atoms with Crippen LogP contribution in [-0.2, 0) is 30.4 Å². The van der Waals surface area contributed by atoms with Crippen LogP contribution in [0.1, 0.15) is 0 Å². The number of fused-ring (bicyclic) bond motifs is 1. The molecule has 0 saturated carbocycles. The normalized spacial score (nSPS) is 12.0. The molecule has 0 aromatic heterocycles. The molecule has 313 valence electrons. The van der Waals surface area contributed by atoms with Gasteiger partial charge in [-0.3, -0.25) is 13.7 Å². The van der Waals surface area contributed by atoms with Crippen LogP contribution in [0.5, 0.6) is 17.2 Å². The summed E-state index contributed by atoms with van der Waals surface area (Å²) in [5.41, 5.74) is 18.7. The number of methoxy groups -OCH3 is 2. The van der Waals surface area contributed by atoms with Crippen molar-refractivity contribution in [2.24, 2.45) is 30.7 Å². The molecular formula is C36H31N9Na3O12S3. The third-order valence-corrected chi connectivity index (χ3v) is 11.1. The summed E-state index contributed by atoms with van der Waals surface area (Å²) in [6.45, 7) is 0. The maximum Gasteiger partial charge on any atom is 0.296 e. The van der Waals surface area contributed by atoms with Gasteiger partial charge in [0, 0.05) is 94.4 Å². The van der Waals surface area contributed by atoms with Crippen molar-refractivity contribution in [3.8, 4) is 28.4 Å². The predicted molar refractivity (Wildman–Crippen MR) is 236 cm³/mol. The fourth-order valence-corrected chi connectivity index (χ4v) is 7.46. The van der Waals surface area contributed by atoms with Crippen molar-refractivity contribution < 1.29 is 53.5 Å². The van der Waals surface area contributed by atoms with E-state index in [1.807, 2.05) is 0 Å². The monoisotopic (exact) mass is 946 g/mol. The van der Waals surface area contributed by atoms with Gasteiger partial charge in [0.2, 0.25) is 0 Å². The van der Waals surface area contributed by atoms with Gasteiger partial charge in [0.15, 0.2) is 5.75 Å². The first-order valence-electron chi connectivity index (χ1n) is 16.6. The molecule has 0 amide bonds. The second kappa shape index (κ2) is 21.3. The van der Waals surface area contributed by atoms with E-state index in [-0.39, 0.29) is 106 Å². The van der Waals surface area contributed by atoms with Crippen LogP contribution in [0.15, 0.2) is 136 Å². The van der Waals surface area contributed by atoms with Crippen LogP contribution >= 0.6 is 0 Å². The number of azo groups is 3. The number of nitrogens with two attached hydrogens (primary N) is 3. The topological polar surface area (TPSA) is 354 Å². The number of anilines is 3. The minimum absolute atomic E-state index is 0. The number of nitrogen functional groups attached to an aromatic ring is 3. The van der Waals surface area contributed by atoms with Crippen molar-refractivity contribution in [2.75, 3.05) is 31.4 Å². The Morgan fingerprint density at radius 1 is 0.524 bits per heavy atom. The number of rotatable bonds is 12. The van der Waals surface area contributed by atoms with E-state index in [1.54, 1.807) is 48.5 Å². The minimum atomic E-state index is -5.21. The van der Waals surface area contributed by atoms with Crippen molar-refractivity contribution in [3.63, 3.8) is 0 Å². The summed E-state index contributed by atoms with van der Waals surface area (Å²) >= 11 is 0. The molecule has 0 unspecified atom stereocenters. The maximum atomic E-state index is 12.6. The fraction of sp³-hybridized carbons (Fsp3) is 0.0556. The molecule has 27 heteroatoms. The smallest absolute Gasteiger partial charge is 0.296 e. The number of phenolic OH excluding ortho intramolecular Hbond substituents is 1. The van der Waals surface area contributed by atoms with Crippen molar-refractivity contribution in [1.29, 1.82) is 0 Å². The Balaban J connectivity index is 0.00000352. The van der Waals surface area contributed by atoms with Crippen LogP contribution in [0.4, 0.5) is 51.2 Å². The average molecular weight is 947 g/mol. The van der Waals surface area contributed by atoms with Gasteiger partial charge < -0.3 is 31.8 Å². The van der Waals surface area contributed by atoms with E-state index in [0.29, 0.717) is 45.7 Å². The zero-order chi connectivity index (χ0) is 43.7. The molecular weight excluding hydrogens is 916 g/mol. The molecule has 10 N–H and O–H groups in total. The molecule has 63 heavy (non-hydrogen) atoms. The van der Waals surface area contributed by atoms with Gasteiger partial charge in [-0.1, -0.05) is 12.1 Å². The van der Waals surface area contributed by atoms with E-state index in [2.05, 4.69) is 30.7 Å². The van der Waals surface area contributed by atoms with E-state index in [9.17, 15) is 44.0 Å². The van der Waals surface area contributed by atoms with Gasteiger partial charge in [-0.25, -0.2) is 0 Å². The van der Waals surface area contributed by atoms with Gasteiger partial charge >= 0.3 is 0 Å². The Kier molecular flexibility index (Phi) is 18.0. The molecule has 3 radical (unpaired) electrons. The van der Waals surface area contributed by atoms with Crippen LogP contribution < -0.4 is 26.7 Å². The Labute approximate surface area is 426 Å². The van der Waals surface area contributed by atoms with E-state index in [1.165, 1.54) is 20.3 Å². The zero-order valence-corrected chi connectivity index (χ0v) is 42.3. The second-order valence-electron chi connectivity index (χ2n) is 12.4. The van der Waals surface area contributed by atoms with Gasteiger partial charge in [0.1, 0.15) is 49.7 Å². The van der Waals surface area contributed by atoms with Crippen molar-refractivity contribution in [3.05, 3.63) is 91.0 Å². The number of aromatic hydroxyl groups is 1. The summed E-state index contributed by atoms with van der Waals surface area (Å²) < 4.78 is 113. The van der Waals surface area contributed by atoms with Crippen molar-refractivity contribution in [2.45, 2.75) is 14.7 Å². The SMILES string of the molecule is COc1cc(-c2ccc(N=Nc3c(S(=O)(=O)O)cc4cc(S(=O)(=O)O)c(N=Nc5ccc(S(=O)(=O)O)cc5)c(O)c4c3N)c(OC)c2)ccc1N=Nc1ccc(N)cc1N.[Na].[Na].[Na]. The second-order valence-corrected chi connectivity index (χ2v) is 16.6. The van der Waals surface area contributed by atoms with Crippen LogP contribution in [0, 0.1) is 0 Å². The summed E-state index contributed by atoms with van der Waals surface area (Å²) in [5, 5.41) is 34.5. The molecule has 6 aromatic rings. The largest absolute Gasteiger partial charge is 0.505 e. The summed E-state index contributed by atoms with van der Waals surface area (Å²) in [5.74, 6) is -0.518. The molecule has 6 rings (SSSR count). The molecule has 6 aromatic carbocycles. The van der Waals surface area contributed by atoms with E-state index in [0.717, 1.165) is 30.3 Å². The number of nitrogens with zero attached hydrogens (tertiary/aromatic N) is 6. The third kappa shape index (κ3) is 12.2. The van der Waals surface area contributed by atoms with Crippen LogP contribution in [-0.4, -0.2) is 147 Å². The number of ether oxygens (including phenoxy) is 2. The third-order valence-electron chi connectivity index (χ3n) is 8.54. The maximum absolute atomic E-state index is 12.6. The van der Waals surface area contributed by atoms with E-state index in [4.69, 9.17) is 26.7 Å². The van der Waals surface area contributed by atoms with Crippen molar-refractivity contribution >= 4 is 181 Å². The van der Waals surface area contributed by atoms with Gasteiger partial charge in [0.25, 0.3) is 30.4 Å². The molecule has 0 bridgehead atoms. The zero-order valence-electron chi connectivity index (χ0n) is 33.9. The molecule has 0 fully saturated rings. The van der Waals surface area contributed by atoms with Crippen molar-refractivity contribution in [1.82, 2.24) is 0 Å². The molecule has 0 heterocycles. The number of benzene rings is 6. The Bertz CT molecular complexity index is 3160. The van der Waals surface area contributed by atoms with Crippen LogP contribution in [0.3, 0.4) is 0 Å². The Morgan fingerprint density at radius 2 is 0.984 bits per heavy atom. The van der Waals surface area contributed by atoms with Gasteiger partial charge in [0.05, 0.1) is 41.6 Å². The predicted octanol–water partition coefficient (Wildman–Crippen LogP) is 6.82. The Morgan fingerprint density at radius 3 is 1.46 bits per heavy atom. The average Bonchev–Trinajstić information content (AvgIpc) is 3.18. The molecule has 0 aliphatic heterocycles. The van der Waals surface area contributed by atoms with Gasteiger partial charge in [-0.2, -0.15) is 30.4 Å². The van der Waals surface area contributed by atoms with Gasteiger partial charge in [-0.15, -0.1) is 25.6 Å². The summed E-state index contributed by atoms with van der Waals surface area (Å²) in [7, 11) is -12.2. The first-order valence-corrected chi connectivity index (χ1v) is 20.9. The molecule has 0 atom stereocenters. The molecule has 0 spiro atoms. The first kappa shape index (κ1) is 53.2. The molecule has 0 aliphatic carbocycles. The minimum Gasteiger partial charge on any atom is -0.505 e. The number of hydrogen-bond donors (Lipinski definition) is 7. The molecule has 0 aliphatic rings. The fourth-order valence-electron chi connectivity index (χ4n) is 5.65. The summed E-state index contributed by atoms with van der Waals surface area (Å²) in [4.78, 5) is -2.49. The van der Waals surface area contributed by atoms with Crippen LogP contribution in [0.25, 0.3) is 21.9 Å². The first-order chi connectivity index (χ1) is 28.2. The van der Waals surface area contributed by atoms with E-state index >= 15 is 0 Å². The summed E-state index contributed by atoms with van der Waals surface area (Å²) in [6, 6.07) is 20.2. The van der Waals surface area contributed by atoms with Crippen LogP contribution in [0.2, 0.25) is 0 Å². The summed E-state index contributed by atoms with van der Waals surface area (Å²) in [6.07, 6.45) is 0. The number of phenols is 1. The standard InChI is InChI=1S/C36H31N9O12S3.3Na/c1-56-28-13-18(3-10-26(28)42-41-25-12-5-21(37)17-24(25)38)19-4-11-27(29(14-19)57-2)43-44-34-30(59(50,51)52)15-20-16-31(60(53,54)55)35(36(46)32(20)33(34)39)45-40-22-6-8-23(9-7-22)58(47,48)49;;;/h3-17,46H,37-39H2,1-2H3,(H,47,48,49)(H,50,51,52)(H,53,54,55);;;.